The van der Waals surface area contributed by atoms with Crippen LogP contribution in [0.25, 0.3) is 0 Å². The van der Waals surface area contributed by atoms with Crippen LogP contribution in [0.2, 0.25) is 0 Å². The number of nitrogens with two attached hydrogens (primary N) is 1. The van der Waals surface area contributed by atoms with Crippen LogP contribution in [0.4, 0.5) is 17.5 Å². The summed E-state index contributed by atoms with van der Waals surface area (Å²) in [5.74, 6) is 0.658. The van der Waals surface area contributed by atoms with Gasteiger partial charge in [-0.3, -0.25) is 10.1 Å². The Morgan fingerprint density at radius 3 is 2.84 bits per heavy atom. The first-order chi connectivity index (χ1) is 8.99. The quantitative estimate of drug-likeness (QED) is 0.582. The second-order valence-corrected chi connectivity index (χ2v) is 3.83. The van der Waals surface area contributed by atoms with Gasteiger partial charge in [0.15, 0.2) is 5.82 Å². The van der Waals surface area contributed by atoms with Gasteiger partial charge < -0.3 is 15.6 Å². The van der Waals surface area contributed by atoms with Crippen LogP contribution in [0, 0.1) is 17.0 Å². The van der Waals surface area contributed by atoms with E-state index < -0.39 is 4.92 Å². The third kappa shape index (κ3) is 2.56. The molecule has 2 aromatic heterocycles. The van der Waals surface area contributed by atoms with E-state index in [-0.39, 0.29) is 29.7 Å². The molecule has 19 heavy (non-hydrogen) atoms. The largest absolute Gasteiger partial charge is 0.368 e. The minimum Gasteiger partial charge on any atom is -0.368 e. The molecule has 0 amide bonds. The number of anilines is 2. The number of rotatable bonds is 4. The van der Waals surface area contributed by atoms with Gasteiger partial charge in [0.2, 0.25) is 11.8 Å². The maximum atomic E-state index is 11.0. The van der Waals surface area contributed by atoms with Gasteiger partial charge in [-0.2, -0.15) is 4.98 Å². The molecule has 0 aliphatic heterocycles. The average Bonchev–Trinajstić information content (AvgIpc) is 2.70. The summed E-state index contributed by atoms with van der Waals surface area (Å²) in [6.07, 6.45) is 1.53. The van der Waals surface area contributed by atoms with Crippen molar-refractivity contribution in [1.82, 2.24) is 24.7 Å². The van der Waals surface area contributed by atoms with Crippen LogP contribution < -0.4 is 11.1 Å². The standard InChI is InChI=1S/C9H12N8O2/c1-5-7(17(18)19)8(14-9(10)13-5)11-3-6-15-12-4-16(6)2/h4H,3H2,1-2H3,(H3,10,11,13,14). The number of nitrogens with zero attached hydrogens (tertiary/aromatic N) is 6. The van der Waals surface area contributed by atoms with Crippen molar-refractivity contribution < 1.29 is 4.92 Å². The zero-order valence-electron chi connectivity index (χ0n) is 10.4. The Bertz CT molecular complexity index is 623. The van der Waals surface area contributed by atoms with Crippen molar-refractivity contribution in [2.75, 3.05) is 11.1 Å². The highest BCUT2D eigenvalue weighted by molar-refractivity contribution is 5.60. The van der Waals surface area contributed by atoms with Crippen LogP contribution in [-0.2, 0) is 13.6 Å². The number of nitro groups is 1. The van der Waals surface area contributed by atoms with E-state index in [4.69, 9.17) is 5.73 Å². The minimum atomic E-state index is -0.548. The van der Waals surface area contributed by atoms with Gasteiger partial charge >= 0.3 is 5.69 Å². The first-order valence-electron chi connectivity index (χ1n) is 5.34. The molecule has 100 valence electrons. The van der Waals surface area contributed by atoms with Crippen LogP contribution >= 0.6 is 0 Å². The van der Waals surface area contributed by atoms with Crippen molar-refractivity contribution in [3.8, 4) is 0 Å². The Hall–Kier alpha value is -2.78. The molecular weight excluding hydrogens is 252 g/mol. The van der Waals surface area contributed by atoms with Crippen molar-refractivity contribution in [1.29, 1.82) is 0 Å². The molecule has 2 heterocycles. The summed E-state index contributed by atoms with van der Waals surface area (Å²) in [4.78, 5) is 18.1. The van der Waals surface area contributed by atoms with E-state index in [1.165, 1.54) is 13.3 Å². The normalized spacial score (nSPS) is 10.4. The molecule has 0 aliphatic carbocycles. The first kappa shape index (κ1) is 12.7. The van der Waals surface area contributed by atoms with Crippen LogP contribution in [0.1, 0.15) is 11.5 Å². The molecular formula is C9H12N8O2. The molecule has 0 fully saturated rings. The maximum Gasteiger partial charge on any atom is 0.332 e. The monoisotopic (exact) mass is 264 g/mol. The smallest absolute Gasteiger partial charge is 0.332 e. The zero-order valence-corrected chi connectivity index (χ0v) is 10.4. The fraction of sp³-hybridized carbons (Fsp3) is 0.333. The second kappa shape index (κ2) is 4.84. The van der Waals surface area contributed by atoms with Gasteiger partial charge in [-0.15, -0.1) is 10.2 Å². The Kier molecular flexibility index (Phi) is 3.23. The van der Waals surface area contributed by atoms with Crippen molar-refractivity contribution in [3.05, 3.63) is 28.0 Å². The lowest BCUT2D eigenvalue weighted by molar-refractivity contribution is -0.385. The highest BCUT2D eigenvalue weighted by atomic mass is 16.6. The van der Waals surface area contributed by atoms with Gasteiger partial charge in [-0.1, -0.05) is 0 Å². The fourth-order valence-electron chi connectivity index (χ4n) is 1.56. The molecule has 10 heteroatoms. The molecule has 3 N–H and O–H groups in total. The van der Waals surface area contributed by atoms with E-state index in [0.29, 0.717) is 5.82 Å². The number of hydrogen-bond donors (Lipinski definition) is 2. The molecule has 0 saturated heterocycles. The van der Waals surface area contributed by atoms with Gasteiger partial charge in [0.05, 0.1) is 11.5 Å². The van der Waals surface area contributed by atoms with Crippen LogP contribution in [0.5, 0.6) is 0 Å². The summed E-state index contributed by atoms with van der Waals surface area (Å²) in [5, 5.41) is 21.4. The van der Waals surface area contributed by atoms with Gasteiger partial charge in [0, 0.05) is 7.05 Å². The highest BCUT2D eigenvalue weighted by Gasteiger charge is 2.21. The molecule has 0 atom stereocenters. The van der Waals surface area contributed by atoms with Gasteiger partial charge in [0.1, 0.15) is 12.0 Å². The van der Waals surface area contributed by atoms with E-state index in [9.17, 15) is 10.1 Å². The summed E-state index contributed by atoms with van der Waals surface area (Å²) in [6, 6.07) is 0. The van der Waals surface area contributed by atoms with Gasteiger partial charge in [-0.05, 0) is 6.92 Å². The number of aryl methyl sites for hydroxylation is 2. The molecule has 0 unspecified atom stereocenters. The minimum absolute atomic E-state index is 0.0245. The summed E-state index contributed by atoms with van der Waals surface area (Å²) >= 11 is 0. The van der Waals surface area contributed by atoms with Gasteiger partial charge in [-0.25, -0.2) is 4.98 Å². The lowest BCUT2D eigenvalue weighted by atomic mass is 10.3. The Morgan fingerprint density at radius 2 is 2.26 bits per heavy atom. The van der Waals surface area contributed by atoms with Gasteiger partial charge in [0.25, 0.3) is 0 Å². The SMILES string of the molecule is Cc1nc(N)nc(NCc2nncn2C)c1[N+](=O)[O-]. The number of hydrogen-bond acceptors (Lipinski definition) is 8. The van der Waals surface area contributed by atoms with E-state index in [0.717, 1.165) is 0 Å². The molecule has 0 saturated carbocycles. The first-order valence-corrected chi connectivity index (χ1v) is 5.34. The van der Waals surface area contributed by atoms with Crippen LogP contribution in [-0.4, -0.2) is 29.7 Å². The molecule has 2 rings (SSSR count). The summed E-state index contributed by atoms with van der Waals surface area (Å²) < 4.78 is 1.69. The Morgan fingerprint density at radius 1 is 1.53 bits per heavy atom. The predicted octanol–water partition coefficient (Wildman–Crippen LogP) is 0.0160. The lowest BCUT2D eigenvalue weighted by Crippen LogP contribution is -2.11. The topological polar surface area (TPSA) is 138 Å². The fourth-order valence-corrected chi connectivity index (χ4v) is 1.56. The molecule has 0 aromatic carbocycles. The molecule has 10 nitrogen and oxygen atoms in total. The highest BCUT2D eigenvalue weighted by Crippen LogP contribution is 2.25. The Balaban J connectivity index is 2.29. The zero-order chi connectivity index (χ0) is 14.0. The van der Waals surface area contributed by atoms with Crippen molar-refractivity contribution >= 4 is 17.5 Å². The molecule has 0 radical (unpaired) electrons. The summed E-state index contributed by atoms with van der Waals surface area (Å²) in [5.41, 5.74) is 5.50. The predicted molar refractivity (Wildman–Crippen MR) is 66.2 cm³/mol. The number of nitrogen functional groups attached to an aromatic ring is 1. The van der Waals surface area contributed by atoms with E-state index in [1.54, 1.807) is 11.6 Å². The Labute approximate surface area is 107 Å². The third-order valence-electron chi connectivity index (χ3n) is 2.48. The average molecular weight is 264 g/mol. The second-order valence-electron chi connectivity index (χ2n) is 3.83. The van der Waals surface area contributed by atoms with Crippen LogP contribution in [0.15, 0.2) is 6.33 Å². The molecule has 2 aromatic rings. The molecule has 0 spiro atoms. The van der Waals surface area contributed by atoms with Crippen molar-refractivity contribution in [2.24, 2.45) is 7.05 Å². The van der Waals surface area contributed by atoms with Crippen molar-refractivity contribution in [3.63, 3.8) is 0 Å². The summed E-state index contributed by atoms with van der Waals surface area (Å²) in [6.45, 7) is 1.75. The maximum absolute atomic E-state index is 11.0. The van der Waals surface area contributed by atoms with Crippen molar-refractivity contribution in [2.45, 2.75) is 13.5 Å². The number of nitrogens with one attached hydrogen (secondary N) is 1. The molecule has 0 bridgehead atoms. The molecule has 0 aliphatic rings. The van der Waals surface area contributed by atoms with E-state index >= 15 is 0 Å². The lowest BCUT2D eigenvalue weighted by Gasteiger charge is -2.07. The number of aromatic nitrogens is 5. The third-order valence-corrected chi connectivity index (χ3v) is 2.48. The van der Waals surface area contributed by atoms with E-state index in [1.807, 2.05) is 0 Å². The van der Waals surface area contributed by atoms with E-state index in [2.05, 4.69) is 25.5 Å². The van der Waals surface area contributed by atoms with Crippen LogP contribution in [0.3, 0.4) is 0 Å². The summed E-state index contributed by atoms with van der Waals surface area (Å²) in [7, 11) is 1.77.